The highest BCUT2D eigenvalue weighted by Crippen LogP contribution is 2.41. The van der Waals surface area contributed by atoms with E-state index in [2.05, 4.69) is 80.6 Å². The van der Waals surface area contributed by atoms with Crippen molar-refractivity contribution in [2.24, 2.45) is 5.92 Å². The van der Waals surface area contributed by atoms with Crippen LogP contribution >= 0.6 is 0 Å². The van der Waals surface area contributed by atoms with E-state index in [4.69, 9.17) is 0 Å². The summed E-state index contributed by atoms with van der Waals surface area (Å²) in [6, 6.07) is 18.0. The molecular weight excluding hydrogens is 288 g/mol. The van der Waals surface area contributed by atoms with Crippen LogP contribution in [0.2, 0.25) is 0 Å². The Morgan fingerprint density at radius 2 is 1.58 bits per heavy atom. The molecular formula is C24H20. The second-order valence-electron chi connectivity index (χ2n) is 7.23. The minimum Gasteiger partial charge on any atom is -0.0626 e. The first-order valence-electron chi connectivity index (χ1n) is 8.79. The highest BCUT2D eigenvalue weighted by Gasteiger charge is 2.20. The normalized spacial score (nSPS) is 14.5. The third kappa shape index (κ3) is 1.86. The van der Waals surface area contributed by atoms with Gasteiger partial charge in [-0.05, 0) is 56.5 Å². The lowest BCUT2D eigenvalue weighted by molar-refractivity contribution is 0.754. The molecule has 3 aromatic rings. The van der Waals surface area contributed by atoms with Gasteiger partial charge in [0.2, 0.25) is 0 Å². The highest BCUT2D eigenvalue weighted by molar-refractivity contribution is 6.10. The smallest absolute Gasteiger partial charge is 0.00326 e. The first-order valence-corrected chi connectivity index (χ1v) is 8.79. The van der Waals surface area contributed by atoms with Gasteiger partial charge >= 0.3 is 0 Å². The van der Waals surface area contributed by atoms with Crippen molar-refractivity contribution >= 4 is 29.0 Å². The first kappa shape index (κ1) is 13.8. The third-order valence-corrected chi connectivity index (χ3v) is 5.50. The Balaban J connectivity index is 1.79. The second kappa shape index (κ2) is 4.95. The lowest BCUT2D eigenvalue weighted by Gasteiger charge is -2.12. The van der Waals surface area contributed by atoms with E-state index in [1.807, 2.05) is 0 Å². The van der Waals surface area contributed by atoms with Gasteiger partial charge < -0.3 is 0 Å². The summed E-state index contributed by atoms with van der Waals surface area (Å²) >= 11 is 0. The van der Waals surface area contributed by atoms with Crippen molar-refractivity contribution in [3.05, 3.63) is 76.4 Å². The van der Waals surface area contributed by atoms with Crippen molar-refractivity contribution in [1.82, 2.24) is 0 Å². The Morgan fingerprint density at radius 3 is 2.42 bits per heavy atom. The Kier molecular flexibility index (Phi) is 2.84. The molecule has 2 aliphatic carbocycles. The SMILES string of the molecule is CC(C)C1=Cc2c(cccc2-c2ccc3c4c(cccc24)C=C3)C1. The van der Waals surface area contributed by atoms with Crippen LogP contribution in [0.5, 0.6) is 0 Å². The Hall–Kier alpha value is -2.60. The summed E-state index contributed by atoms with van der Waals surface area (Å²) in [6.45, 7) is 4.59. The van der Waals surface area contributed by atoms with Crippen LogP contribution in [0.4, 0.5) is 0 Å². The summed E-state index contributed by atoms with van der Waals surface area (Å²) < 4.78 is 0. The van der Waals surface area contributed by atoms with E-state index in [0.29, 0.717) is 5.92 Å². The van der Waals surface area contributed by atoms with Gasteiger partial charge in [0, 0.05) is 0 Å². The lowest BCUT2D eigenvalue weighted by Crippen LogP contribution is -1.93. The summed E-state index contributed by atoms with van der Waals surface area (Å²) in [6.07, 6.45) is 7.99. The summed E-state index contributed by atoms with van der Waals surface area (Å²) in [5.74, 6) is 0.613. The van der Waals surface area contributed by atoms with E-state index in [1.165, 1.54) is 44.2 Å². The van der Waals surface area contributed by atoms with E-state index < -0.39 is 0 Å². The molecule has 0 atom stereocenters. The maximum Gasteiger partial charge on any atom is -0.00326 e. The fourth-order valence-corrected chi connectivity index (χ4v) is 4.15. The Morgan fingerprint density at radius 1 is 0.792 bits per heavy atom. The molecule has 0 unspecified atom stereocenters. The molecule has 116 valence electrons. The summed E-state index contributed by atoms with van der Waals surface area (Å²) in [5.41, 5.74) is 9.86. The fraction of sp³-hybridized carbons (Fsp3) is 0.167. The minimum absolute atomic E-state index is 0.613. The van der Waals surface area contributed by atoms with Gasteiger partial charge in [0.25, 0.3) is 0 Å². The predicted octanol–water partition coefficient (Wildman–Crippen LogP) is 6.59. The molecule has 0 fully saturated rings. The zero-order valence-electron chi connectivity index (χ0n) is 14.1. The number of hydrogen-bond donors (Lipinski definition) is 0. The molecule has 0 N–H and O–H groups in total. The molecule has 0 bridgehead atoms. The van der Waals surface area contributed by atoms with Crippen LogP contribution in [0.25, 0.3) is 40.1 Å². The standard InChI is InChI=1S/C24H20/c1-15(2)19-13-18-6-4-7-20(23(18)14-19)21-12-11-17-10-9-16-5-3-8-22(21)24(16)17/h3-12,14-15H,13H2,1-2H3. The van der Waals surface area contributed by atoms with Crippen molar-refractivity contribution in [3.63, 3.8) is 0 Å². The fourth-order valence-electron chi connectivity index (χ4n) is 4.15. The van der Waals surface area contributed by atoms with Crippen molar-refractivity contribution < 1.29 is 0 Å². The van der Waals surface area contributed by atoms with Crippen molar-refractivity contribution in [1.29, 1.82) is 0 Å². The molecule has 0 aliphatic heterocycles. The largest absolute Gasteiger partial charge is 0.0626 e. The van der Waals surface area contributed by atoms with Gasteiger partial charge in [0.15, 0.2) is 0 Å². The van der Waals surface area contributed by atoms with E-state index in [1.54, 1.807) is 5.57 Å². The quantitative estimate of drug-likeness (QED) is 0.392. The molecule has 0 amide bonds. The van der Waals surface area contributed by atoms with Crippen LogP contribution in [-0.4, -0.2) is 0 Å². The van der Waals surface area contributed by atoms with E-state index in [-0.39, 0.29) is 0 Å². The monoisotopic (exact) mass is 308 g/mol. The highest BCUT2D eigenvalue weighted by atomic mass is 14.2. The molecule has 0 spiro atoms. The van der Waals surface area contributed by atoms with Crippen molar-refractivity contribution in [2.75, 3.05) is 0 Å². The van der Waals surface area contributed by atoms with Gasteiger partial charge in [0.1, 0.15) is 0 Å². The molecule has 2 aliphatic rings. The topological polar surface area (TPSA) is 0 Å². The number of rotatable bonds is 2. The third-order valence-electron chi connectivity index (χ3n) is 5.50. The lowest BCUT2D eigenvalue weighted by atomic mass is 9.91. The van der Waals surface area contributed by atoms with Crippen molar-refractivity contribution in [3.8, 4) is 11.1 Å². The number of fused-ring (bicyclic) bond motifs is 1. The predicted molar refractivity (Wildman–Crippen MR) is 105 cm³/mol. The van der Waals surface area contributed by atoms with Gasteiger partial charge in [-0.15, -0.1) is 0 Å². The zero-order chi connectivity index (χ0) is 16.3. The van der Waals surface area contributed by atoms with Crippen LogP contribution in [0, 0.1) is 5.92 Å². The average molecular weight is 308 g/mol. The van der Waals surface area contributed by atoms with E-state index in [0.717, 1.165) is 6.42 Å². The number of hydrogen-bond acceptors (Lipinski definition) is 0. The van der Waals surface area contributed by atoms with Gasteiger partial charge in [0.05, 0.1) is 0 Å². The van der Waals surface area contributed by atoms with Gasteiger partial charge in [-0.2, -0.15) is 0 Å². The summed E-state index contributed by atoms with van der Waals surface area (Å²) in [7, 11) is 0. The second-order valence-corrected chi connectivity index (χ2v) is 7.23. The minimum atomic E-state index is 0.613. The molecule has 24 heavy (non-hydrogen) atoms. The van der Waals surface area contributed by atoms with Crippen LogP contribution in [0.3, 0.4) is 0 Å². The number of allylic oxidation sites excluding steroid dienone is 1. The van der Waals surface area contributed by atoms with Crippen LogP contribution < -0.4 is 0 Å². The average Bonchev–Trinajstić information content (AvgIpc) is 3.21. The van der Waals surface area contributed by atoms with Crippen molar-refractivity contribution in [2.45, 2.75) is 20.3 Å². The van der Waals surface area contributed by atoms with Gasteiger partial charge in [-0.3, -0.25) is 0 Å². The van der Waals surface area contributed by atoms with E-state index >= 15 is 0 Å². The summed E-state index contributed by atoms with van der Waals surface area (Å²) in [4.78, 5) is 0. The zero-order valence-corrected chi connectivity index (χ0v) is 14.1. The van der Waals surface area contributed by atoms with Crippen LogP contribution in [0.1, 0.15) is 36.1 Å². The molecule has 3 aromatic carbocycles. The van der Waals surface area contributed by atoms with E-state index in [9.17, 15) is 0 Å². The summed E-state index contributed by atoms with van der Waals surface area (Å²) in [5, 5.41) is 2.77. The maximum absolute atomic E-state index is 2.43. The molecule has 0 heterocycles. The number of benzene rings is 3. The molecule has 5 rings (SSSR count). The van der Waals surface area contributed by atoms with Gasteiger partial charge in [-0.1, -0.05) is 86.2 Å². The Labute approximate surface area is 143 Å². The maximum atomic E-state index is 2.43. The Bertz CT molecular complexity index is 1030. The molecule has 0 saturated heterocycles. The molecule has 0 aromatic heterocycles. The molecule has 0 radical (unpaired) electrons. The van der Waals surface area contributed by atoms with Crippen LogP contribution in [0.15, 0.2) is 54.1 Å². The molecule has 0 heteroatoms. The molecule has 0 saturated carbocycles. The van der Waals surface area contributed by atoms with Gasteiger partial charge in [-0.25, -0.2) is 0 Å². The van der Waals surface area contributed by atoms with Crippen LogP contribution in [-0.2, 0) is 6.42 Å². The first-order chi connectivity index (χ1) is 11.7. The molecule has 0 nitrogen and oxygen atoms in total.